The van der Waals surface area contributed by atoms with Crippen LogP contribution in [0.15, 0.2) is 12.1 Å². The van der Waals surface area contributed by atoms with Crippen LogP contribution in [0.2, 0.25) is 5.02 Å². The molecule has 7 nitrogen and oxygen atoms in total. The molecule has 0 spiro atoms. The van der Waals surface area contributed by atoms with Crippen molar-refractivity contribution in [1.29, 1.82) is 5.26 Å². The number of nitro benzene ring substituents is 2. The molecule has 1 aromatic rings. The normalized spacial score (nSPS) is 9.33. The largest absolute Gasteiger partial charge is 0.312 e. The summed E-state index contributed by atoms with van der Waals surface area (Å²) in [6.07, 6.45) is 0. The van der Waals surface area contributed by atoms with E-state index in [-0.39, 0.29) is 5.56 Å². The molecule has 15 heavy (non-hydrogen) atoms. The van der Waals surface area contributed by atoms with Crippen LogP contribution in [-0.2, 0) is 0 Å². The molecule has 0 saturated carbocycles. The monoisotopic (exact) mass is 227 g/mol. The molecule has 0 fully saturated rings. The van der Waals surface area contributed by atoms with E-state index in [1.54, 1.807) is 0 Å². The summed E-state index contributed by atoms with van der Waals surface area (Å²) in [6.45, 7) is 0. The lowest BCUT2D eigenvalue weighted by Gasteiger charge is -1.98. The Morgan fingerprint density at radius 3 is 2.27 bits per heavy atom. The molecule has 0 heterocycles. The van der Waals surface area contributed by atoms with Crippen LogP contribution in [0.3, 0.4) is 0 Å². The number of hydrogen-bond donors (Lipinski definition) is 0. The molecule has 0 aliphatic carbocycles. The summed E-state index contributed by atoms with van der Waals surface area (Å²) in [5, 5.41) is 28.8. The highest BCUT2D eigenvalue weighted by Crippen LogP contribution is 2.35. The van der Waals surface area contributed by atoms with E-state index in [1.165, 1.54) is 6.07 Å². The molecule has 0 bridgehead atoms. The minimum atomic E-state index is -0.923. The fraction of sp³-hybridized carbons (Fsp3) is 0. The van der Waals surface area contributed by atoms with Gasteiger partial charge in [0.1, 0.15) is 11.6 Å². The average Bonchev–Trinajstić information content (AvgIpc) is 2.15. The Hall–Kier alpha value is -2.20. The van der Waals surface area contributed by atoms with Gasteiger partial charge < -0.3 is 0 Å². The van der Waals surface area contributed by atoms with Gasteiger partial charge in [-0.2, -0.15) is 5.26 Å². The van der Waals surface area contributed by atoms with E-state index in [0.29, 0.717) is 0 Å². The lowest BCUT2D eigenvalue weighted by atomic mass is 10.2. The quantitative estimate of drug-likeness (QED) is 0.567. The van der Waals surface area contributed by atoms with Crippen molar-refractivity contribution in [1.82, 2.24) is 0 Å². The Bertz CT molecular complexity index is 494. The molecule has 0 unspecified atom stereocenters. The van der Waals surface area contributed by atoms with E-state index in [2.05, 4.69) is 0 Å². The Morgan fingerprint density at radius 1 is 1.27 bits per heavy atom. The molecule has 0 N–H and O–H groups in total. The van der Waals surface area contributed by atoms with Crippen molar-refractivity contribution >= 4 is 23.0 Å². The third-order valence-corrected chi connectivity index (χ3v) is 1.97. The van der Waals surface area contributed by atoms with Gasteiger partial charge in [-0.15, -0.1) is 0 Å². The molecule has 0 atom stereocenters. The Labute approximate surface area is 87.8 Å². The third kappa shape index (κ3) is 1.84. The minimum Gasteiger partial charge on any atom is -0.258 e. The van der Waals surface area contributed by atoms with E-state index in [0.717, 1.165) is 12.1 Å². The smallest absolute Gasteiger partial charge is 0.258 e. The van der Waals surface area contributed by atoms with Gasteiger partial charge in [-0.25, -0.2) is 0 Å². The third-order valence-electron chi connectivity index (χ3n) is 1.60. The molecule has 0 saturated heterocycles. The summed E-state index contributed by atoms with van der Waals surface area (Å²) < 4.78 is 0. The fourth-order valence-electron chi connectivity index (χ4n) is 0.964. The summed E-state index contributed by atoms with van der Waals surface area (Å²) in [4.78, 5) is 19.2. The Kier molecular flexibility index (Phi) is 2.82. The SMILES string of the molecule is N#Cc1ccc([N+](=O)[O-])c(Cl)c1[N+](=O)[O-]. The van der Waals surface area contributed by atoms with E-state index in [1.807, 2.05) is 0 Å². The maximum Gasteiger partial charge on any atom is 0.312 e. The number of rotatable bonds is 2. The second kappa shape index (κ2) is 3.89. The van der Waals surface area contributed by atoms with Crippen LogP contribution in [0.5, 0.6) is 0 Å². The number of nitriles is 1. The Morgan fingerprint density at radius 2 is 1.87 bits per heavy atom. The van der Waals surface area contributed by atoms with Gasteiger partial charge >= 0.3 is 5.69 Å². The lowest BCUT2D eigenvalue weighted by molar-refractivity contribution is -0.394. The summed E-state index contributed by atoms with van der Waals surface area (Å²) >= 11 is 5.45. The second-order valence-electron chi connectivity index (χ2n) is 2.42. The second-order valence-corrected chi connectivity index (χ2v) is 2.80. The van der Waals surface area contributed by atoms with E-state index in [9.17, 15) is 20.2 Å². The van der Waals surface area contributed by atoms with Crippen molar-refractivity contribution < 1.29 is 9.85 Å². The molecular weight excluding hydrogens is 226 g/mol. The van der Waals surface area contributed by atoms with Gasteiger partial charge in [-0.3, -0.25) is 20.2 Å². The predicted molar refractivity (Wildman–Crippen MR) is 49.5 cm³/mol. The topological polar surface area (TPSA) is 110 Å². The molecule has 0 radical (unpaired) electrons. The number of hydrogen-bond acceptors (Lipinski definition) is 5. The summed E-state index contributed by atoms with van der Waals surface area (Å²) in [5.41, 5.74) is -1.65. The molecule has 0 aliphatic rings. The zero-order valence-electron chi connectivity index (χ0n) is 7.01. The van der Waals surface area contributed by atoms with Gasteiger partial charge in [0.2, 0.25) is 0 Å². The van der Waals surface area contributed by atoms with Gasteiger partial charge in [-0.05, 0) is 6.07 Å². The van der Waals surface area contributed by atoms with Crippen molar-refractivity contribution in [3.8, 4) is 6.07 Å². The van der Waals surface area contributed by atoms with Crippen molar-refractivity contribution in [2.45, 2.75) is 0 Å². The van der Waals surface area contributed by atoms with Crippen molar-refractivity contribution in [2.75, 3.05) is 0 Å². The van der Waals surface area contributed by atoms with Crippen LogP contribution < -0.4 is 0 Å². The highest BCUT2D eigenvalue weighted by molar-refractivity contribution is 6.35. The summed E-state index contributed by atoms with van der Waals surface area (Å²) in [5.74, 6) is 0. The predicted octanol–water partition coefficient (Wildman–Crippen LogP) is 2.03. The Balaban J connectivity index is 3.58. The average molecular weight is 228 g/mol. The minimum absolute atomic E-state index is 0.310. The molecule has 8 heteroatoms. The van der Waals surface area contributed by atoms with Crippen molar-refractivity contribution in [3.63, 3.8) is 0 Å². The van der Waals surface area contributed by atoms with Crippen molar-refractivity contribution in [2.24, 2.45) is 0 Å². The van der Waals surface area contributed by atoms with E-state index >= 15 is 0 Å². The molecular formula is C7H2ClN3O4. The van der Waals surface area contributed by atoms with E-state index < -0.39 is 26.2 Å². The standard InChI is InChI=1S/C7H2ClN3O4/c8-6-5(10(12)13)2-1-4(3-9)7(6)11(14)15/h1-2H. The molecule has 0 aliphatic heterocycles. The van der Waals surface area contributed by atoms with Gasteiger partial charge in [0.15, 0.2) is 5.02 Å². The molecule has 0 amide bonds. The van der Waals surface area contributed by atoms with Crippen LogP contribution in [0.1, 0.15) is 5.56 Å². The van der Waals surface area contributed by atoms with Gasteiger partial charge in [0.25, 0.3) is 5.69 Å². The maximum atomic E-state index is 10.5. The molecule has 1 rings (SSSR count). The van der Waals surface area contributed by atoms with E-state index in [4.69, 9.17) is 16.9 Å². The molecule has 0 aromatic heterocycles. The molecule has 76 valence electrons. The number of halogens is 1. The number of benzene rings is 1. The number of nitrogens with zero attached hydrogens (tertiary/aromatic N) is 3. The first kappa shape index (κ1) is 10.9. The lowest BCUT2D eigenvalue weighted by Crippen LogP contribution is -1.97. The molecule has 1 aromatic carbocycles. The fourth-order valence-corrected chi connectivity index (χ4v) is 1.27. The first-order chi connectivity index (χ1) is 6.99. The number of nitro groups is 2. The highest BCUT2D eigenvalue weighted by Gasteiger charge is 2.27. The maximum absolute atomic E-state index is 10.5. The van der Waals surface area contributed by atoms with Crippen LogP contribution in [-0.4, -0.2) is 9.85 Å². The van der Waals surface area contributed by atoms with Crippen molar-refractivity contribution in [3.05, 3.63) is 42.9 Å². The highest BCUT2D eigenvalue weighted by atomic mass is 35.5. The zero-order valence-corrected chi connectivity index (χ0v) is 7.76. The van der Waals surface area contributed by atoms with Gasteiger partial charge in [0, 0.05) is 6.07 Å². The van der Waals surface area contributed by atoms with Crippen LogP contribution in [0.4, 0.5) is 11.4 Å². The first-order valence-electron chi connectivity index (χ1n) is 3.50. The van der Waals surface area contributed by atoms with Crippen LogP contribution in [0.25, 0.3) is 0 Å². The van der Waals surface area contributed by atoms with Crippen LogP contribution >= 0.6 is 11.6 Å². The first-order valence-corrected chi connectivity index (χ1v) is 3.88. The summed E-state index contributed by atoms with van der Waals surface area (Å²) in [6, 6.07) is 3.48. The zero-order chi connectivity index (χ0) is 11.6. The van der Waals surface area contributed by atoms with Crippen LogP contribution in [0, 0.1) is 31.6 Å². The van der Waals surface area contributed by atoms with Gasteiger partial charge in [-0.1, -0.05) is 11.6 Å². The summed E-state index contributed by atoms with van der Waals surface area (Å²) in [7, 11) is 0. The van der Waals surface area contributed by atoms with Gasteiger partial charge in [0.05, 0.1) is 9.85 Å².